The van der Waals surface area contributed by atoms with Crippen molar-refractivity contribution in [2.75, 3.05) is 0 Å². The molecular formula is C11H10Br3NOS. The number of amides is 1. The fourth-order valence-corrected chi connectivity index (χ4v) is 4.35. The molecule has 2 nitrogen and oxygen atoms in total. The van der Waals surface area contributed by atoms with Gasteiger partial charge >= 0.3 is 0 Å². The maximum absolute atomic E-state index is 12.2. The summed E-state index contributed by atoms with van der Waals surface area (Å²) in [7, 11) is 0. The molecule has 1 aliphatic heterocycles. The van der Waals surface area contributed by atoms with Crippen molar-refractivity contribution in [1.82, 2.24) is 4.31 Å². The van der Waals surface area contributed by atoms with Gasteiger partial charge in [-0.05, 0) is 24.4 Å². The zero-order chi connectivity index (χ0) is 12.7. The number of hydrogen-bond acceptors (Lipinski definition) is 2. The lowest BCUT2D eigenvalue weighted by atomic mass is 10.2. The van der Waals surface area contributed by atoms with E-state index in [9.17, 15) is 4.79 Å². The van der Waals surface area contributed by atoms with Gasteiger partial charge in [0.2, 0.25) is 0 Å². The van der Waals surface area contributed by atoms with Crippen LogP contribution in [0.5, 0.6) is 0 Å². The molecule has 1 aromatic rings. The van der Waals surface area contributed by atoms with Crippen LogP contribution in [-0.4, -0.2) is 17.1 Å². The third-order valence-electron chi connectivity index (χ3n) is 2.51. The third-order valence-corrected chi connectivity index (χ3v) is 8.55. The van der Waals surface area contributed by atoms with E-state index in [0.717, 1.165) is 5.56 Å². The molecule has 17 heavy (non-hydrogen) atoms. The summed E-state index contributed by atoms with van der Waals surface area (Å²) in [5, 5.41) is 0. The molecule has 2 rings (SSSR count). The molecule has 0 aromatic heterocycles. The number of nitrogens with zero attached hydrogens (tertiary/aromatic N) is 1. The molecule has 1 aromatic carbocycles. The Balaban J connectivity index is 2.18. The summed E-state index contributed by atoms with van der Waals surface area (Å²) >= 11 is 11.9. The lowest BCUT2D eigenvalue weighted by molar-refractivity contribution is -0.125. The minimum atomic E-state index is -0.757. The van der Waals surface area contributed by atoms with E-state index >= 15 is 0 Å². The van der Waals surface area contributed by atoms with Crippen LogP contribution in [0.4, 0.5) is 0 Å². The molecule has 1 saturated heterocycles. The number of carbonyl (C=O) groups is 1. The molecule has 1 heterocycles. The highest BCUT2D eigenvalue weighted by Crippen LogP contribution is 2.58. The standard InChI is InChI=1S/C11H10Br3NOS/c1-10(12)11(13,14)9(16)15(17-10)7-8-5-3-2-4-6-8/h2-6H,7H2,1H3. The summed E-state index contributed by atoms with van der Waals surface area (Å²) in [6.07, 6.45) is 0. The van der Waals surface area contributed by atoms with Crippen LogP contribution in [-0.2, 0) is 11.3 Å². The van der Waals surface area contributed by atoms with Gasteiger partial charge in [-0.3, -0.25) is 9.10 Å². The number of hydrogen-bond donors (Lipinski definition) is 0. The Morgan fingerprint density at radius 2 is 1.82 bits per heavy atom. The van der Waals surface area contributed by atoms with Gasteiger partial charge in [-0.15, -0.1) is 0 Å². The molecule has 1 atom stereocenters. The average Bonchev–Trinajstić information content (AvgIpc) is 2.41. The minimum Gasteiger partial charge on any atom is -0.279 e. The molecule has 1 fully saturated rings. The summed E-state index contributed by atoms with van der Waals surface area (Å²) in [6.45, 7) is 2.56. The number of rotatable bonds is 2. The van der Waals surface area contributed by atoms with E-state index in [4.69, 9.17) is 0 Å². The monoisotopic (exact) mass is 441 g/mol. The number of benzene rings is 1. The van der Waals surface area contributed by atoms with E-state index in [1.165, 1.54) is 11.9 Å². The van der Waals surface area contributed by atoms with Crippen molar-refractivity contribution in [3.63, 3.8) is 0 Å². The van der Waals surface area contributed by atoms with Gasteiger partial charge in [0.05, 0.1) is 6.54 Å². The molecular weight excluding hydrogens is 434 g/mol. The lowest BCUT2D eigenvalue weighted by Crippen LogP contribution is -2.37. The average molecular weight is 444 g/mol. The molecule has 6 heteroatoms. The van der Waals surface area contributed by atoms with Crippen molar-refractivity contribution in [3.8, 4) is 0 Å². The smallest absolute Gasteiger partial charge is 0.262 e. The summed E-state index contributed by atoms with van der Waals surface area (Å²) in [6, 6.07) is 9.95. The highest BCUT2D eigenvalue weighted by Gasteiger charge is 2.59. The zero-order valence-corrected chi connectivity index (χ0v) is 14.6. The maximum Gasteiger partial charge on any atom is 0.262 e. The van der Waals surface area contributed by atoms with Gasteiger partial charge in [0.1, 0.15) is 3.66 Å². The Kier molecular flexibility index (Phi) is 3.98. The predicted molar refractivity (Wildman–Crippen MR) is 82.5 cm³/mol. The van der Waals surface area contributed by atoms with Gasteiger partial charge in [0, 0.05) is 0 Å². The van der Waals surface area contributed by atoms with Crippen LogP contribution >= 0.6 is 59.7 Å². The molecule has 0 N–H and O–H groups in total. The fourth-order valence-electron chi connectivity index (χ4n) is 1.51. The van der Waals surface area contributed by atoms with E-state index in [2.05, 4.69) is 47.8 Å². The van der Waals surface area contributed by atoms with Crippen LogP contribution in [0.15, 0.2) is 30.3 Å². The van der Waals surface area contributed by atoms with Gasteiger partial charge in [0.25, 0.3) is 5.91 Å². The van der Waals surface area contributed by atoms with Crippen molar-refractivity contribution in [3.05, 3.63) is 35.9 Å². The van der Waals surface area contributed by atoms with Crippen molar-refractivity contribution >= 4 is 65.6 Å². The van der Waals surface area contributed by atoms with Crippen molar-refractivity contribution in [2.45, 2.75) is 20.4 Å². The van der Waals surface area contributed by atoms with Crippen LogP contribution in [0.25, 0.3) is 0 Å². The molecule has 0 radical (unpaired) electrons. The highest BCUT2D eigenvalue weighted by molar-refractivity contribution is 9.27. The SMILES string of the molecule is CC1(Br)SN(Cc2ccccc2)C(=O)C1(Br)Br. The quantitative estimate of drug-likeness (QED) is 0.502. The predicted octanol–water partition coefficient (Wildman–Crippen LogP) is 4.27. The zero-order valence-electron chi connectivity index (χ0n) is 8.99. The second-order valence-electron chi connectivity index (χ2n) is 3.91. The van der Waals surface area contributed by atoms with E-state index in [-0.39, 0.29) is 5.91 Å². The van der Waals surface area contributed by atoms with Gasteiger partial charge in [0.15, 0.2) is 3.23 Å². The fraction of sp³-hybridized carbons (Fsp3) is 0.364. The summed E-state index contributed by atoms with van der Waals surface area (Å²) in [4.78, 5) is 12.2. The Hall–Kier alpha value is 0.480. The maximum atomic E-state index is 12.2. The number of carbonyl (C=O) groups excluding carboxylic acids is 1. The first kappa shape index (κ1) is 13.9. The second-order valence-corrected chi connectivity index (χ2v) is 10.9. The van der Waals surface area contributed by atoms with Crippen molar-refractivity contribution in [2.24, 2.45) is 0 Å². The van der Waals surface area contributed by atoms with E-state index < -0.39 is 6.89 Å². The van der Waals surface area contributed by atoms with Gasteiger partial charge in [-0.25, -0.2) is 0 Å². The highest BCUT2D eigenvalue weighted by atomic mass is 79.9. The minimum absolute atomic E-state index is 0.0192. The van der Waals surface area contributed by atoms with Crippen LogP contribution in [0.2, 0.25) is 0 Å². The molecule has 1 aliphatic rings. The molecule has 0 aliphatic carbocycles. The summed E-state index contributed by atoms with van der Waals surface area (Å²) in [5.74, 6) is 0.0192. The first-order chi connectivity index (χ1) is 7.84. The normalized spacial score (nSPS) is 27.5. The van der Waals surface area contributed by atoms with Gasteiger partial charge in [-0.1, -0.05) is 78.1 Å². The largest absolute Gasteiger partial charge is 0.279 e. The van der Waals surface area contributed by atoms with E-state index in [1.807, 2.05) is 37.3 Å². The Labute approximate surface area is 130 Å². The molecule has 92 valence electrons. The van der Waals surface area contributed by atoms with Crippen LogP contribution in [0, 0.1) is 0 Å². The summed E-state index contributed by atoms with van der Waals surface area (Å²) < 4.78 is 0.603. The first-order valence-electron chi connectivity index (χ1n) is 4.96. The Morgan fingerprint density at radius 1 is 1.24 bits per heavy atom. The van der Waals surface area contributed by atoms with Crippen molar-refractivity contribution in [1.29, 1.82) is 0 Å². The lowest BCUT2D eigenvalue weighted by Gasteiger charge is -2.22. The topological polar surface area (TPSA) is 20.3 Å². The Morgan fingerprint density at radius 3 is 2.29 bits per heavy atom. The molecule has 1 unspecified atom stereocenters. The van der Waals surface area contributed by atoms with Gasteiger partial charge < -0.3 is 0 Å². The van der Waals surface area contributed by atoms with E-state index in [0.29, 0.717) is 6.54 Å². The van der Waals surface area contributed by atoms with Crippen LogP contribution in [0.3, 0.4) is 0 Å². The second kappa shape index (κ2) is 4.87. The van der Waals surface area contributed by atoms with Crippen LogP contribution < -0.4 is 0 Å². The molecule has 0 saturated carbocycles. The van der Waals surface area contributed by atoms with Gasteiger partial charge in [-0.2, -0.15) is 0 Å². The molecule has 0 spiro atoms. The van der Waals surface area contributed by atoms with E-state index in [1.54, 1.807) is 4.31 Å². The number of halogens is 3. The molecule has 0 bridgehead atoms. The summed E-state index contributed by atoms with van der Waals surface area (Å²) in [5.41, 5.74) is 1.12. The molecule has 1 amide bonds. The third kappa shape index (κ3) is 2.60. The first-order valence-corrected chi connectivity index (χ1v) is 8.11. The van der Waals surface area contributed by atoms with Crippen molar-refractivity contribution < 1.29 is 4.79 Å². The van der Waals surface area contributed by atoms with Crippen LogP contribution in [0.1, 0.15) is 12.5 Å². The number of alkyl halides is 3. The Bertz CT molecular complexity index is 436.